The van der Waals surface area contributed by atoms with Crippen molar-refractivity contribution in [2.45, 2.75) is 38.6 Å². The topological polar surface area (TPSA) is 70.5 Å². The summed E-state index contributed by atoms with van der Waals surface area (Å²) in [6.45, 7) is 2.58. The molecule has 1 amide bonds. The second-order valence-corrected chi connectivity index (χ2v) is 5.48. The van der Waals surface area contributed by atoms with Crippen molar-refractivity contribution in [3.8, 4) is 0 Å². The summed E-state index contributed by atoms with van der Waals surface area (Å²) < 4.78 is 0. The lowest BCUT2D eigenvalue weighted by Crippen LogP contribution is -2.40. The van der Waals surface area contributed by atoms with Gasteiger partial charge in [-0.3, -0.25) is 4.79 Å². The molecule has 1 N–H and O–H groups in total. The number of nitrogens with zero attached hydrogens (tertiary/aromatic N) is 2. The smallest absolute Gasteiger partial charge is 0.326 e. The maximum absolute atomic E-state index is 12.2. The SMILES string of the molecule is CCCc1ncc(C(=O)N2CCC[C@H]2C(=O)O)s1. The Morgan fingerprint density at radius 2 is 2.39 bits per heavy atom. The molecule has 18 heavy (non-hydrogen) atoms. The Morgan fingerprint density at radius 1 is 1.61 bits per heavy atom. The summed E-state index contributed by atoms with van der Waals surface area (Å²) in [5.41, 5.74) is 0. The van der Waals surface area contributed by atoms with Crippen LogP contribution < -0.4 is 0 Å². The number of likely N-dealkylation sites (tertiary alicyclic amines) is 1. The first kappa shape index (κ1) is 13.0. The number of aromatic nitrogens is 1. The van der Waals surface area contributed by atoms with Crippen LogP contribution in [0.15, 0.2) is 6.20 Å². The van der Waals surface area contributed by atoms with Crippen LogP contribution in [-0.4, -0.2) is 39.5 Å². The average Bonchev–Trinajstić information content (AvgIpc) is 2.96. The fraction of sp³-hybridized carbons (Fsp3) is 0.583. The van der Waals surface area contributed by atoms with E-state index < -0.39 is 12.0 Å². The number of hydrogen-bond acceptors (Lipinski definition) is 4. The summed E-state index contributed by atoms with van der Waals surface area (Å²) in [5.74, 6) is -1.11. The molecule has 1 fully saturated rings. The van der Waals surface area contributed by atoms with Gasteiger partial charge in [0.15, 0.2) is 0 Å². The number of thiazole rings is 1. The lowest BCUT2D eigenvalue weighted by Gasteiger charge is -2.20. The Labute approximate surface area is 109 Å². The molecule has 0 radical (unpaired) electrons. The number of aryl methyl sites for hydroxylation is 1. The van der Waals surface area contributed by atoms with Crippen LogP contribution in [0, 0.1) is 0 Å². The predicted molar refractivity (Wildman–Crippen MR) is 67.8 cm³/mol. The average molecular weight is 268 g/mol. The molecule has 1 aromatic heterocycles. The normalized spacial score (nSPS) is 19.2. The third kappa shape index (κ3) is 2.53. The van der Waals surface area contributed by atoms with Gasteiger partial charge in [0.1, 0.15) is 10.9 Å². The van der Waals surface area contributed by atoms with Crippen molar-refractivity contribution in [1.29, 1.82) is 0 Å². The van der Waals surface area contributed by atoms with Gasteiger partial charge in [0.25, 0.3) is 5.91 Å². The van der Waals surface area contributed by atoms with E-state index in [2.05, 4.69) is 11.9 Å². The number of carbonyl (C=O) groups excluding carboxylic acids is 1. The van der Waals surface area contributed by atoms with Gasteiger partial charge in [0, 0.05) is 6.54 Å². The van der Waals surface area contributed by atoms with E-state index in [4.69, 9.17) is 5.11 Å². The minimum absolute atomic E-state index is 0.195. The van der Waals surface area contributed by atoms with E-state index >= 15 is 0 Å². The Hall–Kier alpha value is -1.43. The second kappa shape index (κ2) is 5.48. The van der Waals surface area contributed by atoms with Gasteiger partial charge >= 0.3 is 5.97 Å². The molecule has 1 aromatic rings. The molecule has 0 saturated carbocycles. The number of carboxylic acids is 1. The molecular formula is C12H16N2O3S. The first-order chi connectivity index (χ1) is 8.63. The van der Waals surface area contributed by atoms with E-state index in [-0.39, 0.29) is 5.91 Å². The van der Waals surface area contributed by atoms with Crippen LogP contribution in [0.1, 0.15) is 40.9 Å². The van der Waals surface area contributed by atoms with Crippen molar-refractivity contribution >= 4 is 23.2 Å². The quantitative estimate of drug-likeness (QED) is 0.903. The van der Waals surface area contributed by atoms with Gasteiger partial charge in [-0.15, -0.1) is 11.3 Å². The fourth-order valence-electron chi connectivity index (χ4n) is 2.15. The molecule has 0 unspecified atom stereocenters. The van der Waals surface area contributed by atoms with E-state index in [0.717, 1.165) is 24.3 Å². The van der Waals surface area contributed by atoms with Crippen molar-refractivity contribution in [2.24, 2.45) is 0 Å². The number of hydrogen-bond donors (Lipinski definition) is 1. The molecule has 2 heterocycles. The van der Waals surface area contributed by atoms with Gasteiger partial charge in [-0.05, 0) is 25.7 Å². The summed E-state index contributed by atoms with van der Waals surface area (Å²) >= 11 is 1.37. The summed E-state index contributed by atoms with van der Waals surface area (Å²) in [4.78, 5) is 29.5. The van der Waals surface area contributed by atoms with E-state index in [9.17, 15) is 9.59 Å². The maximum Gasteiger partial charge on any atom is 0.326 e. The highest BCUT2D eigenvalue weighted by atomic mass is 32.1. The third-order valence-corrected chi connectivity index (χ3v) is 4.07. The highest BCUT2D eigenvalue weighted by Gasteiger charge is 2.35. The summed E-state index contributed by atoms with van der Waals surface area (Å²) in [6, 6.07) is -0.672. The fourth-order valence-corrected chi connectivity index (χ4v) is 3.12. The summed E-state index contributed by atoms with van der Waals surface area (Å²) in [5, 5.41) is 10.00. The molecule has 5 nitrogen and oxygen atoms in total. The van der Waals surface area contributed by atoms with Crippen LogP contribution in [0.2, 0.25) is 0 Å². The molecule has 1 aliphatic rings. The Kier molecular flexibility index (Phi) is 3.96. The van der Waals surface area contributed by atoms with Crippen molar-refractivity contribution in [2.75, 3.05) is 6.54 Å². The van der Waals surface area contributed by atoms with Gasteiger partial charge < -0.3 is 10.0 Å². The zero-order chi connectivity index (χ0) is 13.1. The van der Waals surface area contributed by atoms with Gasteiger partial charge in [-0.1, -0.05) is 6.92 Å². The molecular weight excluding hydrogens is 252 g/mol. The molecule has 1 saturated heterocycles. The highest BCUT2D eigenvalue weighted by molar-refractivity contribution is 7.13. The van der Waals surface area contributed by atoms with Gasteiger partial charge in [-0.25, -0.2) is 9.78 Å². The monoisotopic (exact) mass is 268 g/mol. The van der Waals surface area contributed by atoms with Crippen molar-refractivity contribution in [1.82, 2.24) is 9.88 Å². The Balaban J connectivity index is 2.12. The molecule has 1 atom stereocenters. The van der Waals surface area contributed by atoms with Crippen molar-refractivity contribution < 1.29 is 14.7 Å². The van der Waals surface area contributed by atoms with E-state index in [0.29, 0.717) is 17.8 Å². The molecule has 0 aromatic carbocycles. The zero-order valence-corrected chi connectivity index (χ0v) is 11.1. The maximum atomic E-state index is 12.2. The van der Waals surface area contributed by atoms with Crippen LogP contribution in [0.3, 0.4) is 0 Å². The first-order valence-electron chi connectivity index (χ1n) is 6.12. The van der Waals surface area contributed by atoms with Crippen LogP contribution in [-0.2, 0) is 11.2 Å². The molecule has 0 spiro atoms. The number of carbonyl (C=O) groups is 2. The van der Waals surface area contributed by atoms with Gasteiger partial charge in [0.2, 0.25) is 0 Å². The van der Waals surface area contributed by atoms with E-state index in [1.807, 2.05) is 0 Å². The summed E-state index contributed by atoms with van der Waals surface area (Å²) in [7, 11) is 0. The van der Waals surface area contributed by atoms with Gasteiger partial charge in [-0.2, -0.15) is 0 Å². The van der Waals surface area contributed by atoms with E-state index in [1.165, 1.54) is 16.2 Å². The largest absolute Gasteiger partial charge is 0.480 e. The lowest BCUT2D eigenvalue weighted by molar-refractivity contribution is -0.141. The molecule has 98 valence electrons. The van der Waals surface area contributed by atoms with Crippen LogP contribution in [0.25, 0.3) is 0 Å². The minimum Gasteiger partial charge on any atom is -0.480 e. The van der Waals surface area contributed by atoms with Crippen molar-refractivity contribution in [3.63, 3.8) is 0 Å². The number of carboxylic acid groups (broad SMARTS) is 1. The van der Waals surface area contributed by atoms with Crippen LogP contribution in [0.4, 0.5) is 0 Å². The number of aliphatic carboxylic acids is 1. The molecule has 2 rings (SSSR count). The lowest BCUT2D eigenvalue weighted by atomic mass is 10.2. The Morgan fingerprint density at radius 3 is 3.06 bits per heavy atom. The zero-order valence-electron chi connectivity index (χ0n) is 10.3. The molecule has 6 heteroatoms. The van der Waals surface area contributed by atoms with Gasteiger partial charge in [0.05, 0.1) is 11.2 Å². The first-order valence-corrected chi connectivity index (χ1v) is 6.93. The standard InChI is InChI=1S/C12H16N2O3S/c1-2-4-10-13-7-9(18-10)11(15)14-6-3-5-8(14)12(16)17/h7-8H,2-6H2,1H3,(H,16,17)/t8-/m0/s1. The Bertz CT molecular complexity index is 458. The number of rotatable bonds is 4. The minimum atomic E-state index is -0.917. The molecule has 1 aliphatic heterocycles. The molecule has 0 bridgehead atoms. The summed E-state index contributed by atoms with van der Waals surface area (Å²) in [6.07, 6.45) is 4.71. The molecule has 0 aliphatic carbocycles. The van der Waals surface area contributed by atoms with E-state index in [1.54, 1.807) is 6.20 Å². The second-order valence-electron chi connectivity index (χ2n) is 4.36. The predicted octanol–water partition coefficient (Wildman–Crippen LogP) is 1.78. The third-order valence-electron chi connectivity index (χ3n) is 3.03. The van der Waals surface area contributed by atoms with Crippen LogP contribution in [0.5, 0.6) is 0 Å². The highest BCUT2D eigenvalue weighted by Crippen LogP contribution is 2.23. The van der Waals surface area contributed by atoms with Crippen molar-refractivity contribution in [3.05, 3.63) is 16.1 Å². The number of amides is 1. The van der Waals surface area contributed by atoms with Crippen LogP contribution >= 0.6 is 11.3 Å².